The quantitative estimate of drug-likeness (QED) is 0.687. The molecule has 1 aliphatic heterocycles. The fraction of sp³-hybridized carbons (Fsp3) is 0.368. The Morgan fingerprint density at radius 1 is 1.38 bits per heavy atom. The summed E-state index contributed by atoms with van der Waals surface area (Å²) in [4.78, 5) is 23.8. The number of thiazole rings is 1. The van der Waals surface area contributed by atoms with Crippen LogP contribution >= 0.6 is 11.3 Å². The molecule has 3 heterocycles. The van der Waals surface area contributed by atoms with E-state index in [0.717, 1.165) is 23.4 Å². The van der Waals surface area contributed by atoms with E-state index < -0.39 is 0 Å². The van der Waals surface area contributed by atoms with Crippen molar-refractivity contribution in [3.63, 3.8) is 0 Å². The second kappa shape index (κ2) is 6.99. The molecule has 2 aromatic heterocycles. The molecule has 1 aromatic carbocycles. The summed E-state index contributed by atoms with van der Waals surface area (Å²) in [5.41, 5.74) is 1.62. The molecule has 1 aliphatic rings. The first kappa shape index (κ1) is 16.9. The summed E-state index contributed by atoms with van der Waals surface area (Å²) >= 11 is 1.56. The Labute approximate surface area is 155 Å². The minimum atomic E-state index is -0.147. The van der Waals surface area contributed by atoms with Crippen molar-refractivity contribution >= 4 is 17.2 Å². The number of carbonyl (C=O) groups is 1. The smallest absolute Gasteiger partial charge is 0.254 e. The fourth-order valence-electron chi connectivity index (χ4n) is 3.20. The first-order chi connectivity index (χ1) is 12.6. The number of nitrogens with zero attached hydrogens (tertiary/aromatic N) is 4. The minimum absolute atomic E-state index is 0.00444. The highest BCUT2D eigenvalue weighted by Crippen LogP contribution is 2.33. The maximum absolute atomic E-state index is 13.1. The van der Waals surface area contributed by atoms with Gasteiger partial charge in [-0.1, -0.05) is 31.1 Å². The number of aromatic nitrogens is 3. The molecular weight excluding hydrogens is 348 g/mol. The summed E-state index contributed by atoms with van der Waals surface area (Å²) in [6, 6.07) is 7.49. The summed E-state index contributed by atoms with van der Waals surface area (Å²) in [5, 5.41) is 6.89. The van der Waals surface area contributed by atoms with Crippen molar-refractivity contribution in [3.8, 4) is 10.6 Å². The van der Waals surface area contributed by atoms with Gasteiger partial charge in [-0.3, -0.25) is 4.79 Å². The zero-order chi connectivity index (χ0) is 18.1. The lowest BCUT2D eigenvalue weighted by atomic mass is 10.1. The molecular formula is C19H20N4O2S. The van der Waals surface area contributed by atoms with Crippen LogP contribution in [-0.4, -0.2) is 32.5 Å². The predicted octanol–water partition coefficient (Wildman–Crippen LogP) is 4.29. The normalized spacial score (nSPS) is 17.2. The van der Waals surface area contributed by atoms with Gasteiger partial charge in [-0.05, 0) is 25.0 Å². The van der Waals surface area contributed by atoms with Crippen LogP contribution in [0.3, 0.4) is 0 Å². The van der Waals surface area contributed by atoms with Crippen LogP contribution in [0.15, 0.2) is 40.4 Å². The second-order valence-corrected chi connectivity index (χ2v) is 7.61. The van der Waals surface area contributed by atoms with Crippen molar-refractivity contribution in [2.24, 2.45) is 0 Å². The summed E-state index contributed by atoms with van der Waals surface area (Å²) < 4.78 is 5.45. The number of rotatable bonds is 4. The lowest BCUT2D eigenvalue weighted by Gasteiger charge is -2.22. The third-order valence-electron chi connectivity index (χ3n) is 4.56. The van der Waals surface area contributed by atoms with Gasteiger partial charge in [0.15, 0.2) is 5.82 Å². The highest BCUT2D eigenvalue weighted by atomic mass is 32.1. The third-order valence-corrected chi connectivity index (χ3v) is 5.38. The largest absolute Gasteiger partial charge is 0.337 e. The van der Waals surface area contributed by atoms with Gasteiger partial charge >= 0.3 is 0 Å². The molecule has 0 bridgehead atoms. The number of likely N-dealkylation sites (tertiary alicyclic amines) is 1. The first-order valence-corrected chi connectivity index (χ1v) is 9.66. The summed E-state index contributed by atoms with van der Waals surface area (Å²) in [7, 11) is 0. The molecule has 0 saturated carbocycles. The first-order valence-electron chi connectivity index (χ1n) is 8.78. The Bertz CT molecular complexity index is 904. The lowest BCUT2D eigenvalue weighted by Crippen LogP contribution is -2.30. The molecule has 4 rings (SSSR count). The van der Waals surface area contributed by atoms with E-state index in [1.165, 1.54) is 0 Å². The van der Waals surface area contributed by atoms with E-state index in [9.17, 15) is 4.79 Å². The summed E-state index contributed by atoms with van der Waals surface area (Å²) in [5.74, 6) is 1.42. The van der Waals surface area contributed by atoms with Crippen molar-refractivity contribution in [1.29, 1.82) is 0 Å². The van der Waals surface area contributed by atoms with Gasteiger partial charge in [0.25, 0.3) is 5.91 Å². The Kier molecular flexibility index (Phi) is 4.55. The van der Waals surface area contributed by atoms with E-state index in [1.54, 1.807) is 17.5 Å². The maximum Gasteiger partial charge on any atom is 0.254 e. The average molecular weight is 368 g/mol. The Morgan fingerprint density at radius 2 is 2.27 bits per heavy atom. The van der Waals surface area contributed by atoms with Crippen LogP contribution in [0.25, 0.3) is 10.6 Å². The Balaban J connectivity index is 1.59. The molecule has 7 heteroatoms. The fourth-order valence-corrected chi connectivity index (χ4v) is 3.84. The van der Waals surface area contributed by atoms with Crippen molar-refractivity contribution in [1.82, 2.24) is 20.0 Å². The van der Waals surface area contributed by atoms with Crippen LogP contribution in [0.2, 0.25) is 0 Å². The zero-order valence-corrected chi connectivity index (χ0v) is 15.6. The second-order valence-electron chi connectivity index (χ2n) is 6.72. The number of hydrogen-bond acceptors (Lipinski definition) is 6. The molecule has 1 amide bonds. The molecule has 0 spiro atoms. The lowest BCUT2D eigenvalue weighted by molar-refractivity contribution is 0.0710. The highest BCUT2D eigenvalue weighted by molar-refractivity contribution is 7.13. The Hall–Kier alpha value is -2.54. The average Bonchev–Trinajstić information content (AvgIpc) is 3.41. The van der Waals surface area contributed by atoms with E-state index in [2.05, 4.69) is 15.1 Å². The van der Waals surface area contributed by atoms with Gasteiger partial charge in [0.1, 0.15) is 11.0 Å². The number of hydrogen-bond donors (Lipinski definition) is 0. The molecule has 0 N–H and O–H groups in total. The number of amides is 1. The zero-order valence-electron chi connectivity index (χ0n) is 14.8. The van der Waals surface area contributed by atoms with Crippen molar-refractivity contribution < 1.29 is 9.32 Å². The summed E-state index contributed by atoms with van der Waals surface area (Å²) in [6.45, 7) is 4.75. The van der Waals surface area contributed by atoms with E-state index in [0.29, 0.717) is 23.8 Å². The van der Waals surface area contributed by atoms with Crippen molar-refractivity contribution in [2.45, 2.75) is 38.6 Å². The van der Waals surface area contributed by atoms with Crippen LogP contribution in [-0.2, 0) is 0 Å². The van der Waals surface area contributed by atoms with Gasteiger partial charge in [0.05, 0.1) is 0 Å². The predicted molar refractivity (Wildman–Crippen MR) is 98.9 cm³/mol. The van der Waals surface area contributed by atoms with Crippen LogP contribution in [0.4, 0.5) is 0 Å². The maximum atomic E-state index is 13.1. The minimum Gasteiger partial charge on any atom is -0.337 e. The molecule has 1 saturated heterocycles. The van der Waals surface area contributed by atoms with E-state index in [1.807, 2.05) is 48.4 Å². The van der Waals surface area contributed by atoms with Gasteiger partial charge in [-0.2, -0.15) is 4.98 Å². The van der Waals surface area contributed by atoms with Gasteiger partial charge in [0.2, 0.25) is 5.89 Å². The van der Waals surface area contributed by atoms with Crippen molar-refractivity contribution in [3.05, 3.63) is 53.1 Å². The van der Waals surface area contributed by atoms with Crippen LogP contribution in [0.5, 0.6) is 0 Å². The van der Waals surface area contributed by atoms with Crippen molar-refractivity contribution in [2.75, 3.05) is 6.54 Å². The van der Waals surface area contributed by atoms with E-state index in [-0.39, 0.29) is 17.9 Å². The van der Waals surface area contributed by atoms with E-state index in [4.69, 9.17) is 4.52 Å². The molecule has 26 heavy (non-hydrogen) atoms. The molecule has 1 atom stereocenters. The third kappa shape index (κ3) is 3.14. The van der Waals surface area contributed by atoms with Gasteiger partial charge in [0, 0.05) is 35.2 Å². The Morgan fingerprint density at radius 3 is 3.00 bits per heavy atom. The van der Waals surface area contributed by atoms with Gasteiger partial charge < -0.3 is 9.42 Å². The standard InChI is InChI=1S/C19H20N4O2S/c1-12(2)16-21-17(25-22-16)15-7-4-9-23(15)19(24)14-6-3-5-13(11-14)18-20-8-10-26-18/h3,5-6,8,10-12,15H,4,7,9H2,1-2H3/t15-/m0/s1. The van der Waals surface area contributed by atoms with Crippen LogP contribution in [0, 0.1) is 0 Å². The number of benzene rings is 1. The van der Waals surface area contributed by atoms with Crippen LogP contribution in [0.1, 0.15) is 60.7 Å². The molecule has 0 aliphatic carbocycles. The van der Waals surface area contributed by atoms with Gasteiger partial charge in [-0.15, -0.1) is 11.3 Å². The molecule has 3 aromatic rings. The van der Waals surface area contributed by atoms with Crippen LogP contribution < -0.4 is 0 Å². The molecule has 0 radical (unpaired) electrons. The molecule has 1 fully saturated rings. The van der Waals surface area contributed by atoms with Gasteiger partial charge in [-0.25, -0.2) is 4.98 Å². The van der Waals surface area contributed by atoms with E-state index >= 15 is 0 Å². The summed E-state index contributed by atoms with van der Waals surface area (Å²) in [6.07, 6.45) is 3.55. The SMILES string of the molecule is CC(C)c1noc([C@@H]2CCCN2C(=O)c2cccc(-c3nccs3)c2)n1. The topological polar surface area (TPSA) is 72.1 Å². The highest BCUT2D eigenvalue weighted by Gasteiger charge is 2.34. The monoisotopic (exact) mass is 368 g/mol. The molecule has 134 valence electrons. The molecule has 0 unspecified atom stereocenters. The molecule has 6 nitrogen and oxygen atoms in total. The number of carbonyl (C=O) groups excluding carboxylic acids is 1.